The van der Waals surface area contributed by atoms with E-state index in [2.05, 4.69) is 20.2 Å². The zero-order valence-corrected chi connectivity index (χ0v) is 14.5. The van der Waals surface area contributed by atoms with Gasteiger partial charge < -0.3 is 10.1 Å². The van der Waals surface area contributed by atoms with Crippen LogP contribution in [0.1, 0.15) is 17.3 Å². The highest BCUT2D eigenvalue weighted by Crippen LogP contribution is 2.41. The number of aromatic amines is 1. The molecule has 1 saturated heterocycles. The van der Waals surface area contributed by atoms with Gasteiger partial charge in [0.05, 0.1) is 23.8 Å². The Hall–Kier alpha value is -3.04. The van der Waals surface area contributed by atoms with Crippen molar-refractivity contribution in [1.29, 1.82) is 0 Å². The normalized spacial score (nSPS) is 19.3. The molecule has 0 aliphatic carbocycles. The second-order valence-electron chi connectivity index (χ2n) is 5.40. The molecule has 2 aromatic heterocycles. The van der Waals surface area contributed by atoms with Crippen molar-refractivity contribution in [3.63, 3.8) is 0 Å². The highest BCUT2D eigenvalue weighted by molar-refractivity contribution is 7.13. The molecule has 1 aliphatic rings. The van der Waals surface area contributed by atoms with Crippen molar-refractivity contribution in [2.45, 2.75) is 6.04 Å². The molecule has 3 aromatic rings. The average molecular weight is 388 g/mol. The predicted octanol–water partition coefficient (Wildman–Crippen LogP) is 2.54. The van der Waals surface area contributed by atoms with Crippen LogP contribution in [0.4, 0.5) is 5.13 Å². The molecule has 3 heterocycles. The third-order valence-electron chi connectivity index (χ3n) is 3.93. The fourth-order valence-electron chi connectivity index (χ4n) is 2.78. The van der Waals surface area contributed by atoms with E-state index in [4.69, 9.17) is 11.6 Å². The molecule has 10 heteroatoms. The number of imidazole rings is 1. The maximum atomic E-state index is 12.7. The molecule has 1 aliphatic heterocycles. The summed E-state index contributed by atoms with van der Waals surface area (Å²) >= 11 is 6.99. The van der Waals surface area contributed by atoms with Crippen molar-refractivity contribution in [1.82, 2.24) is 20.2 Å². The van der Waals surface area contributed by atoms with Crippen molar-refractivity contribution in [3.05, 3.63) is 64.2 Å². The van der Waals surface area contributed by atoms with Crippen LogP contribution in [-0.4, -0.2) is 37.0 Å². The summed E-state index contributed by atoms with van der Waals surface area (Å²) in [7, 11) is 0. The Kier molecular flexibility index (Phi) is 4.02. The first-order valence-electron chi connectivity index (χ1n) is 7.39. The van der Waals surface area contributed by atoms with Crippen LogP contribution in [0.25, 0.3) is 5.76 Å². The Morgan fingerprint density at radius 2 is 2.04 bits per heavy atom. The fourth-order valence-corrected chi connectivity index (χ4v) is 3.49. The van der Waals surface area contributed by atoms with Gasteiger partial charge in [-0.2, -0.15) is 0 Å². The molecule has 130 valence electrons. The monoisotopic (exact) mass is 387 g/mol. The summed E-state index contributed by atoms with van der Waals surface area (Å²) in [6.45, 7) is 0. The largest absolute Gasteiger partial charge is 0.507 e. The summed E-state index contributed by atoms with van der Waals surface area (Å²) < 4.78 is 0. The van der Waals surface area contributed by atoms with E-state index in [1.54, 1.807) is 24.3 Å². The fraction of sp³-hybridized carbons (Fsp3) is 0.0625. The Bertz CT molecular complexity index is 999. The SMILES string of the molecule is O=C1C(=O)N(c2nncs2)C(c2cnc[nH]2)/C1=C(\O)c1ccc(Cl)cc1. The van der Waals surface area contributed by atoms with Gasteiger partial charge in [0.15, 0.2) is 0 Å². The summed E-state index contributed by atoms with van der Waals surface area (Å²) in [5.74, 6) is -1.91. The molecule has 1 amide bonds. The number of aromatic nitrogens is 4. The number of H-pyrrole nitrogens is 1. The summed E-state index contributed by atoms with van der Waals surface area (Å²) in [4.78, 5) is 33.4. The van der Waals surface area contributed by atoms with Gasteiger partial charge in [0, 0.05) is 10.6 Å². The van der Waals surface area contributed by atoms with E-state index >= 15 is 0 Å². The van der Waals surface area contributed by atoms with Crippen molar-refractivity contribution in [2.75, 3.05) is 4.90 Å². The van der Waals surface area contributed by atoms with Gasteiger partial charge in [-0.3, -0.25) is 14.5 Å². The molecule has 1 atom stereocenters. The Labute approximate surface area is 155 Å². The van der Waals surface area contributed by atoms with Crippen LogP contribution < -0.4 is 4.90 Å². The van der Waals surface area contributed by atoms with E-state index in [1.807, 2.05) is 0 Å². The number of hydrogen-bond acceptors (Lipinski definition) is 7. The first kappa shape index (κ1) is 16.4. The van der Waals surface area contributed by atoms with Gasteiger partial charge >= 0.3 is 5.91 Å². The number of nitrogens with one attached hydrogen (secondary N) is 1. The number of aliphatic hydroxyl groups is 1. The zero-order chi connectivity index (χ0) is 18.3. The minimum Gasteiger partial charge on any atom is -0.507 e. The molecule has 2 N–H and O–H groups in total. The summed E-state index contributed by atoms with van der Waals surface area (Å²) in [5.41, 5.74) is 2.23. The molecule has 8 nitrogen and oxygen atoms in total. The van der Waals surface area contributed by atoms with E-state index < -0.39 is 17.7 Å². The molecule has 26 heavy (non-hydrogen) atoms. The smallest absolute Gasteiger partial charge is 0.302 e. The van der Waals surface area contributed by atoms with E-state index in [0.29, 0.717) is 16.3 Å². The van der Waals surface area contributed by atoms with Crippen LogP contribution in [0.2, 0.25) is 5.02 Å². The van der Waals surface area contributed by atoms with Crippen LogP contribution in [0.3, 0.4) is 0 Å². The Morgan fingerprint density at radius 3 is 2.65 bits per heavy atom. The maximum Gasteiger partial charge on any atom is 0.302 e. The molecule has 0 saturated carbocycles. The molecule has 0 bridgehead atoms. The molecular weight excluding hydrogens is 378 g/mol. The van der Waals surface area contributed by atoms with Crippen LogP contribution >= 0.6 is 22.9 Å². The van der Waals surface area contributed by atoms with Crippen molar-refractivity contribution in [3.8, 4) is 0 Å². The summed E-state index contributed by atoms with van der Waals surface area (Å²) in [6, 6.07) is 5.42. The van der Waals surface area contributed by atoms with Crippen LogP contribution in [-0.2, 0) is 9.59 Å². The maximum absolute atomic E-state index is 12.7. The van der Waals surface area contributed by atoms with E-state index in [9.17, 15) is 14.7 Å². The lowest BCUT2D eigenvalue weighted by Gasteiger charge is -2.20. The first-order chi connectivity index (χ1) is 12.6. The quantitative estimate of drug-likeness (QED) is 0.405. The number of carbonyl (C=O) groups excluding carboxylic acids is 2. The highest BCUT2D eigenvalue weighted by Gasteiger charge is 2.48. The number of rotatable bonds is 3. The highest BCUT2D eigenvalue weighted by atomic mass is 35.5. The lowest BCUT2D eigenvalue weighted by molar-refractivity contribution is -0.132. The number of carbonyl (C=O) groups is 2. The third kappa shape index (κ3) is 2.57. The van der Waals surface area contributed by atoms with Gasteiger partial charge in [0.2, 0.25) is 5.13 Å². The van der Waals surface area contributed by atoms with E-state index in [1.165, 1.54) is 22.9 Å². The van der Waals surface area contributed by atoms with Gasteiger partial charge in [0.1, 0.15) is 17.3 Å². The second kappa shape index (κ2) is 6.36. The van der Waals surface area contributed by atoms with Crippen molar-refractivity contribution < 1.29 is 14.7 Å². The number of halogens is 1. The van der Waals surface area contributed by atoms with Crippen molar-refractivity contribution in [2.24, 2.45) is 0 Å². The number of benzene rings is 1. The molecular formula is C16H10ClN5O3S. The summed E-state index contributed by atoms with van der Waals surface area (Å²) in [6.07, 6.45) is 2.91. The van der Waals surface area contributed by atoms with E-state index in [-0.39, 0.29) is 16.5 Å². The van der Waals surface area contributed by atoms with E-state index in [0.717, 1.165) is 11.3 Å². The zero-order valence-electron chi connectivity index (χ0n) is 13.0. The van der Waals surface area contributed by atoms with Gasteiger partial charge in [-0.25, -0.2) is 4.98 Å². The van der Waals surface area contributed by atoms with Crippen LogP contribution in [0.15, 0.2) is 47.9 Å². The number of amides is 1. The van der Waals surface area contributed by atoms with Gasteiger partial charge in [-0.1, -0.05) is 22.9 Å². The average Bonchev–Trinajstić information content (AvgIpc) is 3.37. The van der Waals surface area contributed by atoms with Gasteiger partial charge in [-0.05, 0) is 24.3 Å². The molecule has 1 unspecified atom stereocenters. The molecule has 4 rings (SSSR count). The minimum absolute atomic E-state index is 0.0585. The number of hydrogen-bond donors (Lipinski definition) is 2. The minimum atomic E-state index is -0.888. The number of aliphatic hydroxyl groups excluding tert-OH is 1. The molecule has 1 aromatic carbocycles. The van der Waals surface area contributed by atoms with Gasteiger partial charge in [-0.15, -0.1) is 10.2 Å². The number of ketones is 1. The standard InChI is InChI=1S/C16H10ClN5O3S/c17-9-3-1-8(2-4-9)13(23)11-12(10-5-18-6-19-10)22(15(25)14(11)24)16-21-20-7-26-16/h1-7,12,23H,(H,18,19)/b13-11+. The lowest BCUT2D eigenvalue weighted by atomic mass is 9.99. The van der Waals surface area contributed by atoms with Crippen LogP contribution in [0, 0.1) is 0 Å². The molecule has 0 spiro atoms. The number of nitrogens with zero attached hydrogens (tertiary/aromatic N) is 4. The first-order valence-corrected chi connectivity index (χ1v) is 8.65. The van der Waals surface area contributed by atoms with Crippen molar-refractivity contribution >= 4 is 45.5 Å². The topological polar surface area (TPSA) is 112 Å². The Morgan fingerprint density at radius 1 is 1.27 bits per heavy atom. The number of Topliss-reactive ketones (excluding diaryl/α,β-unsaturated/α-hetero) is 1. The second-order valence-corrected chi connectivity index (χ2v) is 6.65. The third-order valence-corrected chi connectivity index (χ3v) is 4.87. The predicted molar refractivity (Wildman–Crippen MR) is 94.7 cm³/mol. The number of anilines is 1. The van der Waals surface area contributed by atoms with Gasteiger partial charge in [0.25, 0.3) is 5.78 Å². The van der Waals surface area contributed by atoms with Crippen LogP contribution in [0.5, 0.6) is 0 Å². The Balaban J connectivity index is 1.92. The summed E-state index contributed by atoms with van der Waals surface area (Å²) in [5, 5.41) is 19.1. The lowest BCUT2D eigenvalue weighted by Crippen LogP contribution is -2.29. The molecule has 1 fully saturated rings. The molecule has 0 radical (unpaired) electrons.